The van der Waals surface area contributed by atoms with E-state index in [1.807, 2.05) is 0 Å². The molecule has 0 aromatic heterocycles. The van der Waals surface area contributed by atoms with Gasteiger partial charge in [-0.15, -0.1) is 22.9 Å². The molecule has 208 valence electrons. The molecule has 0 aliphatic rings. The van der Waals surface area contributed by atoms with Gasteiger partial charge in [-0.25, -0.2) is 0 Å². The van der Waals surface area contributed by atoms with E-state index in [1.165, 1.54) is 53.4 Å². The molecule has 0 aliphatic carbocycles. The van der Waals surface area contributed by atoms with E-state index in [9.17, 15) is 0 Å². The largest absolute Gasteiger partial charge is 2.00 e. The SMILES string of the molecule is [C-]#N.[Ni+2].[c-]1c2c(P(c3ccccc3)c3ccccc3)cccc2cc2cccc(P(c3ccccc3)c3ccccc3)c12. The Morgan fingerprint density at radius 1 is 0.395 bits per heavy atom. The summed E-state index contributed by atoms with van der Waals surface area (Å²) in [6.45, 7) is 4.75. The van der Waals surface area contributed by atoms with E-state index in [4.69, 9.17) is 11.8 Å². The molecule has 0 fully saturated rings. The van der Waals surface area contributed by atoms with Crippen molar-refractivity contribution in [3.8, 4) is 0 Å². The van der Waals surface area contributed by atoms with Crippen LogP contribution in [-0.2, 0) is 16.5 Å². The Labute approximate surface area is 266 Å². The third-order valence-electron chi connectivity index (χ3n) is 7.25. The molecule has 0 radical (unpaired) electrons. The van der Waals surface area contributed by atoms with Crippen LogP contribution in [0.3, 0.4) is 0 Å². The van der Waals surface area contributed by atoms with E-state index in [1.54, 1.807) is 0 Å². The van der Waals surface area contributed by atoms with Crippen molar-refractivity contribution in [3.63, 3.8) is 0 Å². The number of fused-ring (bicyclic) bond motifs is 2. The summed E-state index contributed by atoms with van der Waals surface area (Å²) in [5.74, 6) is 0. The number of nitrogens with zero attached hydrogens (tertiary/aromatic N) is 1. The Morgan fingerprint density at radius 3 is 1.00 bits per heavy atom. The van der Waals surface area contributed by atoms with E-state index in [-0.39, 0.29) is 16.5 Å². The van der Waals surface area contributed by atoms with Crippen molar-refractivity contribution in [1.29, 1.82) is 5.26 Å². The van der Waals surface area contributed by atoms with E-state index in [0.717, 1.165) is 0 Å². The summed E-state index contributed by atoms with van der Waals surface area (Å²) in [6, 6.07) is 63.7. The first kappa shape index (κ1) is 30.4. The van der Waals surface area contributed by atoms with Gasteiger partial charge in [-0.2, -0.15) is 0 Å². The fraction of sp³-hybridized carbons (Fsp3) is 0. The van der Waals surface area contributed by atoms with Crippen LogP contribution in [0.2, 0.25) is 0 Å². The monoisotopic (exact) mass is 629 g/mol. The first-order valence-electron chi connectivity index (χ1n) is 13.8. The Kier molecular flexibility index (Phi) is 10.2. The Balaban J connectivity index is 0.00000120. The third-order valence-corrected chi connectivity index (χ3v) is 12.2. The van der Waals surface area contributed by atoms with Gasteiger partial charge in [-0.3, -0.25) is 0 Å². The maximum atomic E-state index is 6.25. The summed E-state index contributed by atoms with van der Waals surface area (Å²) < 4.78 is 0. The van der Waals surface area contributed by atoms with Gasteiger partial charge in [0.25, 0.3) is 0 Å². The second kappa shape index (κ2) is 14.4. The van der Waals surface area contributed by atoms with Gasteiger partial charge < -0.3 is 11.8 Å². The molecule has 7 aromatic carbocycles. The van der Waals surface area contributed by atoms with E-state index < -0.39 is 15.8 Å². The van der Waals surface area contributed by atoms with Crippen LogP contribution in [0.1, 0.15) is 0 Å². The Hall–Kier alpha value is -4.10. The molecule has 7 aromatic rings. The van der Waals surface area contributed by atoms with Gasteiger partial charge in [0.2, 0.25) is 0 Å². The van der Waals surface area contributed by atoms with Crippen LogP contribution in [0.25, 0.3) is 21.5 Å². The summed E-state index contributed by atoms with van der Waals surface area (Å²) in [7, 11) is -1.48. The van der Waals surface area contributed by atoms with E-state index >= 15 is 0 Å². The van der Waals surface area contributed by atoms with Crippen LogP contribution in [0.15, 0.2) is 164 Å². The predicted molar refractivity (Wildman–Crippen MR) is 183 cm³/mol. The normalized spacial score (nSPS) is 10.7. The minimum Gasteiger partial charge on any atom is -0.512 e. The number of hydrogen-bond acceptors (Lipinski definition) is 1. The molecule has 0 spiro atoms. The number of benzene rings is 7. The summed E-state index contributed by atoms with van der Waals surface area (Å²) in [5.41, 5.74) is 0. The molecule has 0 N–H and O–H groups in total. The minimum absolute atomic E-state index is 0. The summed E-state index contributed by atoms with van der Waals surface area (Å²) >= 11 is 0. The Bertz CT molecular complexity index is 1730. The predicted octanol–water partition coefficient (Wildman–Crippen LogP) is 7.40. The molecule has 0 unspecified atom stereocenters. The van der Waals surface area contributed by atoms with Gasteiger partial charge in [0.1, 0.15) is 0 Å². The van der Waals surface area contributed by atoms with Crippen molar-refractivity contribution < 1.29 is 16.5 Å². The first-order chi connectivity index (χ1) is 20.9. The first-order valence-corrected chi connectivity index (χ1v) is 16.5. The molecule has 7 rings (SSSR count). The van der Waals surface area contributed by atoms with Gasteiger partial charge in [0.05, 0.1) is 0 Å². The molecule has 0 saturated heterocycles. The second-order valence-electron chi connectivity index (χ2n) is 9.77. The number of rotatable bonds is 6. The molecular formula is C39H27NNiP2. The summed E-state index contributed by atoms with van der Waals surface area (Å²) in [5, 5.41) is 19.3. The molecule has 0 bridgehead atoms. The van der Waals surface area contributed by atoms with Crippen molar-refractivity contribution in [2.24, 2.45) is 0 Å². The molecule has 1 nitrogen and oxygen atoms in total. The molecule has 4 heteroatoms. The van der Waals surface area contributed by atoms with E-state index in [2.05, 4.69) is 170 Å². The fourth-order valence-corrected chi connectivity index (χ4v) is 10.3. The molecule has 0 heterocycles. The van der Waals surface area contributed by atoms with Crippen LogP contribution in [0.5, 0.6) is 0 Å². The average molecular weight is 630 g/mol. The molecule has 0 aliphatic heterocycles. The van der Waals surface area contributed by atoms with Crippen molar-refractivity contribution in [2.45, 2.75) is 0 Å². The fourth-order valence-electron chi connectivity index (χ4n) is 5.46. The zero-order chi connectivity index (χ0) is 28.7. The third kappa shape index (κ3) is 6.32. The van der Waals surface area contributed by atoms with Crippen molar-refractivity contribution in [3.05, 3.63) is 176 Å². The molecule has 43 heavy (non-hydrogen) atoms. The summed E-state index contributed by atoms with van der Waals surface area (Å²) in [4.78, 5) is 0. The molecular weight excluding hydrogens is 603 g/mol. The second-order valence-corrected chi connectivity index (χ2v) is 14.1. The summed E-state index contributed by atoms with van der Waals surface area (Å²) in [6.07, 6.45) is 0. The maximum Gasteiger partial charge on any atom is 2.00 e. The quantitative estimate of drug-likeness (QED) is 0.0814. The van der Waals surface area contributed by atoms with Gasteiger partial charge in [0, 0.05) is 0 Å². The van der Waals surface area contributed by atoms with Gasteiger partial charge in [-0.05, 0) is 37.1 Å². The molecule has 0 saturated carbocycles. The molecule has 0 amide bonds. The smallest absolute Gasteiger partial charge is 0.512 e. The van der Waals surface area contributed by atoms with Gasteiger partial charge in [0.15, 0.2) is 0 Å². The zero-order valence-corrected chi connectivity index (χ0v) is 26.0. The Morgan fingerprint density at radius 2 is 0.698 bits per heavy atom. The van der Waals surface area contributed by atoms with Crippen LogP contribution >= 0.6 is 15.8 Å². The van der Waals surface area contributed by atoms with Crippen LogP contribution in [-0.4, -0.2) is 0 Å². The maximum absolute atomic E-state index is 6.25. The van der Waals surface area contributed by atoms with Gasteiger partial charge >= 0.3 is 16.5 Å². The van der Waals surface area contributed by atoms with Crippen LogP contribution < -0.4 is 31.8 Å². The van der Waals surface area contributed by atoms with Crippen molar-refractivity contribution in [1.82, 2.24) is 0 Å². The average Bonchev–Trinajstić information content (AvgIpc) is 3.07. The standard InChI is InChI=1S/C38H27P2.CN.Ni/c1-5-17-31(18-6-1)39(32-19-7-2-8-20-32)37-25-13-15-29-27-30-16-14-26-38(36(30)28-35(29)37)40(33-21-9-3-10-22-33)34-23-11-4-12-24-34;1-2;/h1-27H;;/q2*-1;+2. The van der Waals surface area contributed by atoms with Crippen LogP contribution in [0.4, 0.5) is 0 Å². The van der Waals surface area contributed by atoms with Crippen LogP contribution in [0, 0.1) is 17.9 Å². The van der Waals surface area contributed by atoms with Crippen molar-refractivity contribution in [2.75, 3.05) is 0 Å². The van der Waals surface area contributed by atoms with Gasteiger partial charge in [-0.1, -0.05) is 179 Å². The minimum atomic E-state index is -0.740. The topological polar surface area (TPSA) is 23.8 Å². The van der Waals surface area contributed by atoms with Crippen molar-refractivity contribution >= 4 is 69.2 Å². The molecule has 0 atom stereocenters. The zero-order valence-electron chi connectivity index (χ0n) is 23.2. The number of hydrogen-bond donors (Lipinski definition) is 0. The van der Waals surface area contributed by atoms with E-state index in [0.29, 0.717) is 0 Å².